The minimum Gasteiger partial charge on any atom is -0.480 e. The lowest BCUT2D eigenvalue weighted by molar-refractivity contribution is -0.142. The van der Waals surface area contributed by atoms with Crippen molar-refractivity contribution in [1.82, 2.24) is 37.2 Å². The van der Waals surface area contributed by atoms with E-state index >= 15 is 0 Å². The van der Waals surface area contributed by atoms with Crippen molar-refractivity contribution >= 4 is 65.1 Å². The SMILES string of the molecule is C[C@H](NC(=O)[C@H](C)NC(=O)[C@H](C)NC(=O)[C@H](CC(N)=O)NC(=O)CN)C(=O)N[C@@H](C)C(=O)N[C@@H](CCCN=C(N)N)C(=O)N[C@@H](CCCN=C(N)N)C(=O)O. The topological polar surface area (TPSA) is 439 Å². The van der Waals surface area contributed by atoms with Gasteiger partial charge < -0.3 is 76.7 Å². The second kappa shape index (κ2) is 24.9. The molecule has 0 unspecified atom stereocenters. The van der Waals surface area contributed by atoms with Crippen LogP contribution in [0.3, 0.4) is 0 Å². The van der Waals surface area contributed by atoms with Crippen molar-refractivity contribution in [1.29, 1.82) is 0 Å². The van der Waals surface area contributed by atoms with Crippen LogP contribution in [-0.4, -0.2) is 132 Å². The highest BCUT2D eigenvalue weighted by molar-refractivity contribution is 5.97. The molecule has 0 saturated carbocycles. The van der Waals surface area contributed by atoms with Crippen LogP contribution in [-0.2, 0) is 43.2 Å². The van der Waals surface area contributed by atoms with E-state index in [0.29, 0.717) is 0 Å². The normalized spacial score (nSPS) is 14.3. The Labute approximate surface area is 316 Å². The summed E-state index contributed by atoms with van der Waals surface area (Å²) in [5.41, 5.74) is 31.5. The molecule has 0 aromatic heterocycles. The van der Waals surface area contributed by atoms with E-state index in [-0.39, 0.29) is 50.7 Å². The van der Waals surface area contributed by atoms with Gasteiger partial charge in [0.25, 0.3) is 0 Å². The van der Waals surface area contributed by atoms with Crippen LogP contribution >= 0.6 is 0 Å². The fourth-order valence-electron chi connectivity index (χ4n) is 4.36. The lowest BCUT2D eigenvalue weighted by atomic mass is 10.1. The van der Waals surface area contributed by atoms with E-state index < -0.39 is 108 Å². The van der Waals surface area contributed by atoms with Crippen LogP contribution in [0.2, 0.25) is 0 Å². The summed E-state index contributed by atoms with van der Waals surface area (Å²) in [4.78, 5) is 119. The number of aliphatic carboxylic acids is 1. The van der Waals surface area contributed by atoms with Crippen molar-refractivity contribution in [2.24, 2.45) is 44.4 Å². The molecule has 20 N–H and O–H groups in total. The van der Waals surface area contributed by atoms with E-state index in [1.165, 1.54) is 27.7 Å². The summed E-state index contributed by atoms with van der Waals surface area (Å²) in [5, 5.41) is 26.0. The van der Waals surface area contributed by atoms with Crippen LogP contribution in [0.5, 0.6) is 0 Å². The van der Waals surface area contributed by atoms with Gasteiger partial charge >= 0.3 is 5.97 Å². The monoisotopic (exact) mass is 785 g/mol. The summed E-state index contributed by atoms with van der Waals surface area (Å²) in [6.45, 7) is 4.88. The van der Waals surface area contributed by atoms with Crippen molar-refractivity contribution < 1.29 is 48.3 Å². The van der Waals surface area contributed by atoms with Gasteiger partial charge in [0.05, 0.1) is 13.0 Å². The van der Waals surface area contributed by atoms with Gasteiger partial charge in [-0.05, 0) is 53.4 Å². The maximum Gasteiger partial charge on any atom is 0.326 e. The van der Waals surface area contributed by atoms with Gasteiger partial charge in [-0.25, -0.2) is 4.79 Å². The summed E-state index contributed by atoms with van der Waals surface area (Å²) in [6, 6.07) is -9.01. The van der Waals surface area contributed by atoms with Gasteiger partial charge in [-0.15, -0.1) is 0 Å². The third-order valence-electron chi connectivity index (χ3n) is 7.39. The average Bonchev–Trinajstić information content (AvgIpc) is 3.09. The zero-order valence-electron chi connectivity index (χ0n) is 31.2. The molecule has 310 valence electrons. The molecule has 7 atom stereocenters. The highest BCUT2D eigenvalue weighted by Gasteiger charge is 2.30. The Hall–Kier alpha value is -6.27. The lowest BCUT2D eigenvalue weighted by Gasteiger charge is -2.24. The predicted molar refractivity (Wildman–Crippen MR) is 197 cm³/mol. The fraction of sp³-hybridized carbons (Fsp3) is 0.633. The van der Waals surface area contributed by atoms with E-state index in [9.17, 15) is 48.3 Å². The number of nitrogens with zero attached hydrogens (tertiary/aromatic N) is 2. The molecule has 0 aromatic carbocycles. The van der Waals surface area contributed by atoms with Crippen LogP contribution < -0.4 is 71.6 Å². The van der Waals surface area contributed by atoms with Gasteiger partial charge in [0, 0.05) is 13.1 Å². The van der Waals surface area contributed by atoms with E-state index in [2.05, 4.69) is 47.2 Å². The summed E-state index contributed by atoms with van der Waals surface area (Å²) >= 11 is 0. The first-order valence-electron chi connectivity index (χ1n) is 17.0. The highest BCUT2D eigenvalue weighted by Crippen LogP contribution is 2.05. The number of carboxylic acid groups (broad SMARTS) is 1. The first-order valence-corrected chi connectivity index (χ1v) is 17.0. The predicted octanol–water partition coefficient (Wildman–Crippen LogP) is -7.51. The van der Waals surface area contributed by atoms with Crippen molar-refractivity contribution in [3.05, 3.63) is 0 Å². The molecule has 0 aliphatic heterocycles. The second-order valence-electron chi connectivity index (χ2n) is 12.3. The molecule has 0 aliphatic rings. The Morgan fingerprint density at radius 3 is 1.22 bits per heavy atom. The number of nitrogens with two attached hydrogens (primary N) is 6. The van der Waals surface area contributed by atoms with Crippen LogP contribution in [0, 0.1) is 0 Å². The second-order valence-corrected chi connectivity index (χ2v) is 12.3. The molecule has 0 aliphatic carbocycles. The molecule has 25 nitrogen and oxygen atoms in total. The molecule has 0 aromatic rings. The number of amides is 8. The Morgan fingerprint density at radius 2 is 0.855 bits per heavy atom. The number of nitrogens with one attached hydrogen (secondary N) is 7. The largest absolute Gasteiger partial charge is 0.480 e. The Kier molecular flexibility index (Phi) is 22.0. The van der Waals surface area contributed by atoms with E-state index in [1.807, 2.05) is 0 Å². The minimum atomic E-state index is -1.41. The van der Waals surface area contributed by atoms with Gasteiger partial charge in [0.2, 0.25) is 47.3 Å². The van der Waals surface area contributed by atoms with E-state index in [0.717, 1.165) is 0 Å². The molecule has 0 radical (unpaired) electrons. The summed E-state index contributed by atoms with van der Waals surface area (Å²) in [7, 11) is 0. The minimum absolute atomic E-state index is 0.0213. The smallest absolute Gasteiger partial charge is 0.326 e. The number of hydrogen-bond acceptors (Lipinski definition) is 12. The molecule has 0 heterocycles. The molecule has 0 rings (SSSR count). The number of carboxylic acids is 1. The van der Waals surface area contributed by atoms with Crippen LogP contribution in [0.4, 0.5) is 0 Å². The Balaban J connectivity index is 5.38. The van der Waals surface area contributed by atoms with Crippen molar-refractivity contribution in [2.75, 3.05) is 19.6 Å². The molecule has 8 amide bonds. The maximum atomic E-state index is 13.1. The Morgan fingerprint density at radius 1 is 0.509 bits per heavy atom. The Bertz CT molecular complexity index is 1450. The third-order valence-corrected chi connectivity index (χ3v) is 7.39. The molecule has 0 saturated heterocycles. The lowest BCUT2D eigenvalue weighted by Crippen LogP contribution is -2.58. The van der Waals surface area contributed by atoms with Crippen molar-refractivity contribution in [2.45, 2.75) is 102 Å². The average molecular weight is 786 g/mol. The van der Waals surface area contributed by atoms with Crippen LogP contribution in [0.1, 0.15) is 59.8 Å². The molecule has 0 spiro atoms. The highest BCUT2D eigenvalue weighted by atomic mass is 16.4. The number of hydrogen-bond donors (Lipinski definition) is 14. The quantitative estimate of drug-likeness (QED) is 0.0232. The van der Waals surface area contributed by atoms with Gasteiger partial charge in [0.15, 0.2) is 11.9 Å². The molecular weight excluding hydrogens is 730 g/mol. The van der Waals surface area contributed by atoms with Gasteiger partial charge in [-0.2, -0.15) is 0 Å². The number of carbonyl (C=O) groups excluding carboxylic acids is 8. The molecule has 0 bridgehead atoms. The molecular formula is C30H55N15O10. The van der Waals surface area contributed by atoms with Crippen molar-refractivity contribution in [3.63, 3.8) is 0 Å². The first kappa shape index (κ1) is 48.7. The summed E-state index contributed by atoms with van der Waals surface area (Å²) in [5.74, 6) is -8.43. The molecule has 25 heteroatoms. The summed E-state index contributed by atoms with van der Waals surface area (Å²) in [6.07, 6.45) is -0.208. The van der Waals surface area contributed by atoms with E-state index in [4.69, 9.17) is 34.4 Å². The number of aliphatic imine (C=N–C) groups is 2. The molecule has 55 heavy (non-hydrogen) atoms. The zero-order chi connectivity index (χ0) is 42.4. The van der Waals surface area contributed by atoms with Crippen LogP contribution in [0.25, 0.3) is 0 Å². The fourth-order valence-corrected chi connectivity index (χ4v) is 4.36. The molecule has 0 fully saturated rings. The van der Waals surface area contributed by atoms with Gasteiger partial charge in [-0.1, -0.05) is 0 Å². The standard InChI is InChI=1S/C30H55N15O10/c1-13(40-24(50)15(3)42-27(53)19(11-20(32)46)43-21(47)12-31)22(48)39-14(2)23(49)41-16(4)25(51)44-17(7-5-9-37-29(33)34)26(52)45-18(28(54)55)8-6-10-38-30(35)36/h13-19H,5-12,31H2,1-4H3,(H2,32,46)(H,39,48)(H,40,50)(H,41,49)(H,42,53)(H,43,47)(H,44,51)(H,45,52)(H,54,55)(H4,33,34,37)(H4,35,36,38)/t13-,14-,15-,16-,17-,18-,19-/m0/s1. The maximum absolute atomic E-state index is 13.1. The number of guanidine groups is 2. The summed E-state index contributed by atoms with van der Waals surface area (Å²) < 4.78 is 0. The number of carbonyl (C=O) groups is 9. The van der Waals surface area contributed by atoms with Gasteiger partial charge in [0.1, 0.15) is 42.3 Å². The number of rotatable bonds is 25. The van der Waals surface area contributed by atoms with Gasteiger partial charge in [-0.3, -0.25) is 48.3 Å². The van der Waals surface area contributed by atoms with E-state index in [1.54, 1.807) is 0 Å². The first-order chi connectivity index (χ1) is 25.6. The van der Waals surface area contributed by atoms with Crippen molar-refractivity contribution in [3.8, 4) is 0 Å². The number of primary amides is 1. The zero-order valence-corrected chi connectivity index (χ0v) is 31.2. The van der Waals surface area contributed by atoms with Crippen LogP contribution in [0.15, 0.2) is 9.98 Å². The third kappa shape index (κ3) is 20.5.